The van der Waals surface area contributed by atoms with Crippen LogP contribution < -0.4 is 4.72 Å². The molecule has 1 aromatic rings. The zero-order chi connectivity index (χ0) is 13.3. The van der Waals surface area contributed by atoms with Crippen molar-refractivity contribution in [3.05, 3.63) is 11.9 Å². The van der Waals surface area contributed by atoms with Crippen molar-refractivity contribution in [1.29, 1.82) is 0 Å². The molecule has 18 heavy (non-hydrogen) atoms. The Morgan fingerprint density at radius 3 is 2.61 bits per heavy atom. The topological polar surface area (TPSA) is 64.0 Å². The van der Waals surface area contributed by atoms with E-state index in [-0.39, 0.29) is 6.04 Å². The second-order valence-corrected chi connectivity index (χ2v) is 6.92. The average Bonchev–Trinajstić information content (AvgIpc) is 2.62. The van der Waals surface area contributed by atoms with Crippen LogP contribution in [0.15, 0.2) is 11.1 Å². The monoisotopic (exact) mass is 271 g/mol. The predicted molar refractivity (Wildman–Crippen MR) is 69.7 cm³/mol. The summed E-state index contributed by atoms with van der Waals surface area (Å²) in [6, 6.07) is 0.0587. The Kier molecular flexibility index (Phi) is 3.77. The number of rotatable bonds is 3. The largest absolute Gasteiger partial charge is 0.274 e. The minimum atomic E-state index is -3.44. The quantitative estimate of drug-likeness (QED) is 0.908. The number of aryl methyl sites for hydroxylation is 2. The Bertz CT molecular complexity index is 521. The van der Waals surface area contributed by atoms with Crippen LogP contribution in [0.5, 0.6) is 0 Å². The van der Waals surface area contributed by atoms with E-state index in [1.54, 1.807) is 20.2 Å². The molecule has 1 N–H and O–H groups in total. The van der Waals surface area contributed by atoms with Crippen LogP contribution in [0.3, 0.4) is 0 Å². The molecule has 5 nitrogen and oxygen atoms in total. The molecular weight excluding hydrogens is 250 g/mol. The van der Waals surface area contributed by atoms with E-state index < -0.39 is 10.0 Å². The van der Waals surface area contributed by atoms with E-state index in [1.807, 2.05) is 0 Å². The summed E-state index contributed by atoms with van der Waals surface area (Å²) in [5, 5.41) is 4.09. The minimum Gasteiger partial charge on any atom is -0.274 e. The molecule has 0 amide bonds. The Labute approximate surface area is 109 Å². The highest BCUT2D eigenvalue weighted by molar-refractivity contribution is 7.89. The first-order valence-electron chi connectivity index (χ1n) is 6.43. The molecule has 0 aromatic carbocycles. The van der Waals surface area contributed by atoms with Crippen molar-refractivity contribution >= 4 is 10.0 Å². The maximum absolute atomic E-state index is 12.3. The SMILES string of the molecule is Cc1nn(C)cc1S(=O)(=O)NC1CCCCC1C. The normalized spacial score (nSPS) is 25.3. The van der Waals surface area contributed by atoms with E-state index >= 15 is 0 Å². The highest BCUT2D eigenvalue weighted by Gasteiger charge is 2.28. The molecule has 1 heterocycles. The fourth-order valence-electron chi connectivity index (χ4n) is 2.60. The van der Waals surface area contributed by atoms with Gasteiger partial charge >= 0.3 is 0 Å². The molecule has 102 valence electrons. The lowest BCUT2D eigenvalue weighted by atomic mass is 9.87. The first-order chi connectivity index (χ1) is 8.40. The van der Waals surface area contributed by atoms with Gasteiger partial charge in [-0.3, -0.25) is 4.68 Å². The fourth-order valence-corrected chi connectivity index (χ4v) is 4.19. The van der Waals surface area contributed by atoms with Crippen LogP contribution in [0.4, 0.5) is 0 Å². The number of aromatic nitrogens is 2. The van der Waals surface area contributed by atoms with Gasteiger partial charge in [0.1, 0.15) is 4.90 Å². The van der Waals surface area contributed by atoms with Crippen molar-refractivity contribution in [2.24, 2.45) is 13.0 Å². The van der Waals surface area contributed by atoms with Crippen LogP contribution in [-0.2, 0) is 17.1 Å². The van der Waals surface area contributed by atoms with Crippen molar-refractivity contribution in [2.75, 3.05) is 0 Å². The van der Waals surface area contributed by atoms with Gasteiger partial charge in [0.2, 0.25) is 10.0 Å². The van der Waals surface area contributed by atoms with Gasteiger partial charge < -0.3 is 0 Å². The molecule has 1 aliphatic rings. The van der Waals surface area contributed by atoms with Crippen molar-refractivity contribution in [3.63, 3.8) is 0 Å². The van der Waals surface area contributed by atoms with Crippen LogP contribution in [0.25, 0.3) is 0 Å². The van der Waals surface area contributed by atoms with Gasteiger partial charge in [0.15, 0.2) is 0 Å². The molecule has 0 saturated heterocycles. The zero-order valence-corrected chi connectivity index (χ0v) is 12.0. The lowest BCUT2D eigenvalue weighted by Gasteiger charge is -2.29. The summed E-state index contributed by atoms with van der Waals surface area (Å²) in [7, 11) is -1.70. The number of nitrogens with zero attached hydrogens (tertiary/aromatic N) is 2. The summed E-state index contributed by atoms with van der Waals surface area (Å²) in [4.78, 5) is 0.294. The Morgan fingerprint density at radius 2 is 2.06 bits per heavy atom. The van der Waals surface area contributed by atoms with Crippen LogP contribution in [-0.4, -0.2) is 24.2 Å². The molecule has 2 unspecified atom stereocenters. The summed E-state index contributed by atoms with van der Waals surface area (Å²) in [5.74, 6) is 0.408. The van der Waals surface area contributed by atoms with Gasteiger partial charge in [-0.1, -0.05) is 19.8 Å². The molecule has 2 atom stereocenters. The maximum Gasteiger partial charge on any atom is 0.244 e. The standard InChI is InChI=1S/C12H21N3O2S/c1-9-6-4-5-7-11(9)14-18(16,17)12-8-15(3)13-10(12)2/h8-9,11,14H,4-7H2,1-3H3. The van der Waals surface area contributed by atoms with E-state index in [1.165, 1.54) is 11.1 Å². The lowest BCUT2D eigenvalue weighted by molar-refractivity contribution is 0.310. The second-order valence-electron chi connectivity index (χ2n) is 5.24. The first kappa shape index (κ1) is 13.5. The molecule has 6 heteroatoms. The summed E-state index contributed by atoms with van der Waals surface area (Å²) in [5.41, 5.74) is 0.550. The van der Waals surface area contributed by atoms with Crippen molar-refractivity contribution in [1.82, 2.24) is 14.5 Å². The van der Waals surface area contributed by atoms with E-state index in [0.29, 0.717) is 16.5 Å². The van der Waals surface area contributed by atoms with E-state index in [0.717, 1.165) is 19.3 Å². The van der Waals surface area contributed by atoms with Crippen molar-refractivity contribution < 1.29 is 8.42 Å². The third-order valence-electron chi connectivity index (χ3n) is 3.68. The minimum absolute atomic E-state index is 0.0587. The zero-order valence-electron chi connectivity index (χ0n) is 11.2. The molecular formula is C12H21N3O2S. The molecule has 1 fully saturated rings. The van der Waals surface area contributed by atoms with Crippen molar-refractivity contribution in [3.8, 4) is 0 Å². The highest BCUT2D eigenvalue weighted by Crippen LogP contribution is 2.25. The fraction of sp³-hybridized carbons (Fsp3) is 0.750. The number of hydrogen-bond acceptors (Lipinski definition) is 3. The lowest BCUT2D eigenvalue weighted by Crippen LogP contribution is -2.41. The second kappa shape index (κ2) is 5.01. The molecule has 1 aliphatic carbocycles. The Hall–Kier alpha value is -0.880. The van der Waals surface area contributed by atoms with Crippen LogP contribution in [0.2, 0.25) is 0 Å². The summed E-state index contributed by atoms with van der Waals surface area (Å²) >= 11 is 0. The maximum atomic E-state index is 12.3. The van der Waals surface area contributed by atoms with E-state index in [2.05, 4.69) is 16.7 Å². The highest BCUT2D eigenvalue weighted by atomic mass is 32.2. The molecule has 0 aliphatic heterocycles. The van der Waals surface area contributed by atoms with Gasteiger partial charge in [-0.15, -0.1) is 0 Å². The average molecular weight is 271 g/mol. The summed E-state index contributed by atoms with van der Waals surface area (Å²) in [6.07, 6.45) is 5.89. The molecule has 1 saturated carbocycles. The van der Waals surface area contributed by atoms with E-state index in [4.69, 9.17) is 0 Å². The third-order valence-corrected chi connectivity index (χ3v) is 5.27. The van der Waals surface area contributed by atoms with Gasteiger partial charge in [0, 0.05) is 19.3 Å². The van der Waals surface area contributed by atoms with Crippen LogP contribution in [0.1, 0.15) is 38.3 Å². The van der Waals surface area contributed by atoms with Crippen LogP contribution in [0, 0.1) is 12.8 Å². The molecule has 0 spiro atoms. The number of hydrogen-bond donors (Lipinski definition) is 1. The van der Waals surface area contributed by atoms with E-state index in [9.17, 15) is 8.42 Å². The first-order valence-corrected chi connectivity index (χ1v) is 7.91. The van der Waals surface area contributed by atoms with Crippen molar-refractivity contribution in [2.45, 2.75) is 50.5 Å². The Morgan fingerprint density at radius 1 is 1.39 bits per heavy atom. The van der Waals surface area contributed by atoms with Crippen LogP contribution >= 0.6 is 0 Å². The smallest absolute Gasteiger partial charge is 0.244 e. The van der Waals surface area contributed by atoms with Gasteiger partial charge in [0.25, 0.3) is 0 Å². The van der Waals surface area contributed by atoms with Gasteiger partial charge in [-0.25, -0.2) is 13.1 Å². The van der Waals surface area contributed by atoms with Gasteiger partial charge in [0.05, 0.1) is 5.69 Å². The Balaban J connectivity index is 2.19. The summed E-state index contributed by atoms with van der Waals surface area (Å²) < 4.78 is 29.0. The summed E-state index contributed by atoms with van der Waals surface area (Å²) in [6.45, 7) is 3.83. The molecule has 0 radical (unpaired) electrons. The molecule has 0 bridgehead atoms. The number of nitrogens with one attached hydrogen (secondary N) is 1. The number of sulfonamides is 1. The van der Waals surface area contributed by atoms with Gasteiger partial charge in [-0.05, 0) is 25.7 Å². The predicted octanol–water partition coefficient (Wildman–Crippen LogP) is 1.59. The molecule has 2 rings (SSSR count). The molecule has 1 aromatic heterocycles. The van der Waals surface area contributed by atoms with Gasteiger partial charge in [-0.2, -0.15) is 5.10 Å². The third kappa shape index (κ3) is 2.75.